The molecule has 0 fully saturated rings. The molecule has 0 atom stereocenters. The average molecular weight is 445 g/mol. The van der Waals surface area contributed by atoms with Crippen molar-refractivity contribution in [3.05, 3.63) is 67.5 Å². The fourth-order valence-corrected chi connectivity index (χ4v) is 2.84. The quantitative estimate of drug-likeness (QED) is 0.472. The van der Waals surface area contributed by atoms with E-state index in [1.807, 2.05) is 6.07 Å². The lowest BCUT2D eigenvalue weighted by molar-refractivity contribution is -0.142. The minimum Gasteiger partial charge on any atom is -0.452 e. The summed E-state index contributed by atoms with van der Waals surface area (Å²) >= 11 is 6.02. The molecule has 0 unspecified atom stereocenters. The Morgan fingerprint density at radius 2 is 2.00 bits per heavy atom. The van der Waals surface area contributed by atoms with Crippen LogP contribution in [-0.2, 0) is 28.4 Å². The Balaban J connectivity index is 2.10. The van der Waals surface area contributed by atoms with Gasteiger partial charge < -0.3 is 14.2 Å². The van der Waals surface area contributed by atoms with Crippen LogP contribution in [0.15, 0.2) is 40.1 Å². The van der Waals surface area contributed by atoms with Crippen molar-refractivity contribution < 1.29 is 14.3 Å². The van der Waals surface area contributed by atoms with Crippen molar-refractivity contribution in [1.29, 1.82) is 5.26 Å². The van der Waals surface area contributed by atoms with Gasteiger partial charge in [-0.05, 0) is 36.8 Å². The van der Waals surface area contributed by atoms with Gasteiger partial charge in [-0.15, -0.1) is 0 Å². The summed E-state index contributed by atoms with van der Waals surface area (Å²) in [6, 6.07) is 6.96. The number of hydrogen-bond acceptors (Lipinski definition) is 6. The molecule has 162 valence electrons. The minimum atomic E-state index is -0.836. The number of aryl methyl sites for hydroxylation is 2. The largest absolute Gasteiger partial charge is 0.452 e. The molecule has 31 heavy (non-hydrogen) atoms. The zero-order chi connectivity index (χ0) is 23.1. The number of nitrogens with zero attached hydrogens (tertiary/aromatic N) is 4. The van der Waals surface area contributed by atoms with Crippen LogP contribution in [0.2, 0.25) is 5.02 Å². The summed E-state index contributed by atoms with van der Waals surface area (Å²) in [5.74, 6) is -1.35. The Hall–Kier alpha value is -3.64. The van der Waals surface area contributed by atoms with Crippen molar-refractivity contribution >= 4 is 35.2 Å². The van der Waals surface area contributed by atoms with Crippen LogP contribution in [0.4, 0.5) is 5.69 Å². The van der Waals surface area contributed by atoms with Gasteiger partial charge in [-0.25, -0.2) is 9.59 Å². The van der Waals surface area contributed by atoms with Gasteiger partial charge in [0.25, 0.3) is 11.5 Å². The second-order valence-electron chi connectivity index (χ2n) is 6.67. The molecule has 1 aromatic carbocycles. The third-order valence-corrected chi connectivity index (χ3v) is 4.84. The first-order valence-corrected chi connectivity index (χ1v) is 9.58. The molecule has 9 nitrogen and oxygen atoms in total. The third-order valence-electron chi connectivity index (χ3n) is 4.41. The lowest BCUT2D eigenvalue weighted by atomic mass is 10.2. The highest BCUT2D eigenvalue weighted by Crippen LogP contribution is 2.23. The number of rotatable bonds is 7. The lowest BCUT2D eigenvalue weighted by Gasteiger charge is -2.22. The number of hydrogen-bond donors (Lipinski definition) is 0. The molecule has 1 aromatic heterocycles. The Morgan fingerprint density at radius 3 is 2.65 bits per heavy atom. The van der Waals surface area contributed by atoms with Gasteiger partial charge in [0, 0.05) is 43.6 Å². The zero-order valence-corrected chi connectivity index (χ0v) is 18.0. The molecule has 1 amide bonds. The van der Waals surface area contributed by atoms with E-state index in [-0.39, 0.29) is 18.5 Å². The summed E-state index contributed by atoms with van der Waals surface area (Å²) in [5.41, 5.74) is 0.338. The van der Waals surface area contributed by atoms with E-state index in [0.29, 0.717) is 10.7 Å². The molecule has 0 aliphatic carbocycles. The number of halogens is 1. The summed E-state index contributed by atoms with van der Waals surface area (Å²) in [4.78, 5) is 49.7. The number of ether oxygens (including phenoxy) is 1. The molecule has 0 saturated carbocycles. The van der Waals surface area contributed by atoms with Crippen molar-refractivity contribution in [2.45, 2.75) is 13.3 Å². The van der Waals surface area contributed by atoms with Crippen LogP contribution < -0.4 is 16.1 Å². The van der Waals surface area contributed by atoms with Crippen LogP contribution in [0.5, 0.6) is 0 Å². The Kier molecular flexibility index (Phi) is 7.94. The number of nitriles is 1. The predicted molar refractivity (Wildman–Crippen MR) is 116 cm³/mol. The molecule has 0 N–H and O–H groups in total. The van der Waals surface area contributed by atoms with Gasteiger partial charge in [-0.3, -0.25) is 14.2 Å². The van der Waals surface area contributed by atoms with Crippen LogP contribution in [0.25, 0.3) is 6.08 Å². The van der Waals surface area contributed by atoms with Gasteiger partial charge in [0.05, 0.1) is 18.1 Å². The molecule has 0 bridgehead atoms. The monoisotopic (exact) mass is 444 g/mol. The highest BCUT2D eigenvalue weighted by atomic mass is 35.5. The van der Waals surface area contributed by atoms with Crippen LogP contribution in [-0.4, -0.2) is 34.2 Å². The molecule has 10 heteroatoms. The smallest absolute Gasteiger partial charge is 0.331 e. The highest BCUT2D eigenvalue weighted by Gasteiger charge is 2.18. The maximum atomic E-state index is 12.6. The summed E-state index contributed by atoms with van der Waals surface area (Å²) in [6.45, 7) is 1.35. The van der Waals surface area contributed by atoms with E-state index in [1.165, 1.54) is 35.8 Å². The lowest BCUT2D eigenvalue weighted by Crippen LogP contribution is -2.37. The topological polar surface area (TPSA) is 114 Å². The second-order valence-corrected chi connectivity index (χ2v) is 7.08. The van der Waals surface area contributed by atoms with E-state index in [2.05, 4.69) is 0 Å². The first-order valence-electron chi connectivity index (χ1n) is 9.20. The number of carbonyl (C=O) groups excluding carboxylic acids is 2. The molecule has 2 aromatic rings. The first kappa shape index (κ1) is 23.6. The molecule has 0 aliphatic heterocycles. The van der Waals surface area contributed by atoms with E-state index in [0.717, 1.165) is 16.2 Å². The van der Waals surface area contributed by atoms with Crippen molar-refractivity contribution in [1.82, 2.24) is 9.13 Å². The van der Waals surface area contributed by atoms with Crippen LogP contribution in [0.1, 0.15) is 17.5 Å². The zero-order valence-electron chi connectivity index (χ0n) is 17.3. The number of carbonyl (C=O) groups is 2. The maximum Gasteiger partial charge on any atom is 0.331 e. The fourth-order valence-electron chi connectivity index (χ4n) is 2.72. The molecule has 0 spiro atoms. The van der Waals surface area contributed by atoms with Crippen LogP contribution >= 0.6 is 11.6 Å². The van der Waals surface area contributed by atoms with E-state index in [9.17, 15) is 19.2 Å². The minimum absolute atomic E-state index is 0.0945. The van der Waals surface area contributed by atoms with Gasteiger partial charge in [-0.2, -0.15) is 5.26 Å². The predicted octanol–water partition coefficient (Wildman–Crippen LogP) is 1.55. The molecule has 0 aliphatic rings. The van der Waals surface area contributed by atoms with E-state index >= 15 is 0 Å². The standard InChI is InChI=1S/C21H21ClN4O5/c1-14-11-16(6-7-17(14)22)26(10-4-9-23)18(27)13-31-19(28)8-5-15-12-24(2)21(30)25(3)20(15)29/h5-8,11-12H,4,10,13H2,1-3H3/b8-5+. The number of anilines is 1. The average Bonchev–Trinajstić information content (AvgIpc) is 2.74. The van der Waals surface area contributed by atoms with Crippen molar-refractivity contribution in [3.63, 3.8) is 0 Å². The van der Waals surface area contributed by atoms with Crippen LogP contribution in [0, 0.1) is 18.3 Å². The van der Waals surface area contributed by atoms with Gasteiger partial charge in [-0.1, -0.05) is 11.6 Å². The molecule has 0 saturated heterocycles. The number of benzene rings is 1. The number of esters is 1. The van der Waals surface area contributed by atoms with E-state index < -0.39 is 29.7 Å². The second kappa shape index (κ2) is 10.4. The fraction of sp³-hybridized carbons (Fsp3) is 0.286. The van der Waals surface area contributed by atoms with Crippen molar-refractivity contribution in [2.24, 2.45) is 14.1 Å². The summed E-state index contributed by atoms with van der Waals surface area (Å²) in [5, 5.41) is 9.40. The van der Waals surface area contributed by atoms with Gasteiger partial charge in [0.1, 0.15) is 0 Å². The normalized spacial score (nSPS) is 10.7. The molecule has 0 radical (unpaired) electrons. The van der Waals surface area contributed by atoms with Crippen molar-refractivity contribution in [3.8, 4) is 6.07 Å². The van der Waals surface area contributed by atoms with Gasteiger partial charge in [0.2, 0.25) is 0 Å². The Bertz CT molecular complexity index is 1190. The van der Waals surface area contributed by atoms with E-state index in [4.69, 9.17) is 21.6 Å². The number of aromatic nitrogens is 2. The van der Waals surface area contributed by atoms with Gasteiger partial charge >= 0.3 is 11.7 Å². The van der Waals surface area contributed by atoms with Crippen molar-refractivity contribution in [2.75, 3.05) is 18.1 Å². The SMILES string of the molecule is Cc1cc(N(CCC#N)C(=O)COC(=O)/C=C/c2cn(C)c(=O)n(C)c2=O)ccc1Cl. The summed E-state index contributed by atoms with van der Waals surface area (Å²) < 4.78 is 7.10. The molecule has 1 heterocycles. The maximum absolute atomic E-state index is 12.6. The first-order chi connectivity index (χ1) is 14.6. The Morgan fingerprint density at radius 1 is 1.29 bits per heavy atom. The molecular formula is C21H21ClN4O5. The molecular weight excluding hydrogens is 424 g/mol. The third kappa shape index (κ3) is 5.93. The highest BCUT2D eigenvalue weighted by molar-refractivity contribution is 6.31. The molecule has 2 rings (SSSR count). The van der Waals surface area contributed by atoms with Gasteiger partial charge in [0.15, 0.2) is 6.61 Å². The van der Waals surface area contributed by atoms with Crippen LogP contribution in [0.3, 0.4) is 0 Å². The summed E-state index contributed by atoms with van der Waals surface area (Å²) in [6.07, 6.45) is 3.61. The van der Waals surface area contributed by atoms with E-state index in [1.54, 1.807) is 25.1 Å². The number of amides is 1. The summed E-state index contributed by atoms with van der Waals surface area (Å²) in [7, 11) is 2.80. The Labute approximate surface area is 183 Å².